The first-order chi connectivity index (χ1) is 10.6. The molecule has 0 fully saturated rings. The van der Waals surface area contributed by atoms with Gasteiger partial charge in [0.05, 0.1) is 0 Å². The molecule has 0 unspecified atom stereocenters. The Balaban J connectivity index is 1.68. The molecule has 3 rings (SSSR count). The monoisotopic (exact) mass is 317 g/mol. The van der Waals surface area contributed by atoms with Crippen LogP contribution < -0.4 is 9.47 Å². The maximum absolute atomic E-state index is 12.5. The lowest BCUT2D eigenvalue weighted by Crippen LogP contribution is -2.44. The van der Waals surface area contributed by atoms with E-state index < -0.39 is 6.10 Å². The van der Waals surface area contributed by atoms with Gasteiger partial charge in [0.2, 0.25) is 6.10 Å². The van der Waals surface area contributed by atoms with Crippen LogP contribution in [0.25, 0.3) is 0 Å². The van der Waals surface area contributed by atoms with Crippen molar-refractivity contribution in [2.45, 2.75) is 12.6 Å². The minimum atomic E-state index is -0.637. The van der Waals surface area contributed by atoms with Gasteiger partial charge in [0.1, 0.15) is 6.61 Å². The number of fused-ring (bicyclic) bond motifs is 1. The number of carbonyl (C=O) groups is 1. The van der Waals surface area contributed by atoms with Gasteiger partial charge in [-0.1, -0.05) is 41.9 Å². The van der Waals surface area contributed by atoms with Gasteiger partial charge in [0.25, 0.3) is 5.91 Å². The zero-order chi connectivity index (χ0) is 15.5. The number of carbonyl (C=O) groups excluding carboxylic acids is 1. The molecule has 114 valence electrons. The number of halogens is 1. The van der Waals surface area contributed by atoms with Crippen LogP contribution in [0.15, 0.2) is 48.5 Å². The highest BCUT2D eigenvalue weighted by Gasteiger charge is 2.29. The topological polar surface area (TPSA) is 38.8 Å². The van der Waals surface area contributed by atoms with E-state index in [1.807, 2.05) is 42.5 Å². The predicted octanol–water partition coefficient (Wildman–Crippen LogP) is 3.14. The Kier molecular flexibility index (Phi) is 4.20. The van der Waals surface area contributed by atoms with E-state index >= 15 is 0 Å². The summed E-state index contributed by atoms with van der Waals surface area (Å²) in [6.45, 7) is 0.642. The van der Waals surface area contributed by atoms with Gasteiger partial charge < -0.3 is 14.4 Å². The molecule has 4 nitrogen and oxygen atoms in total. The third-order valence-corrected chi connectivity index (χ3v) is 3.89. The van der Waals surface area contributed by atoms with Gasteiger partial charge in [-0.05, 0) is 23.8 Å². The number of amides is 1. The molecule has 1 heterocycles. The lowest BCUT2D eigenvalue weighted by atomic mass is 10.2. The van der Waals surface area contributed by atoms with Gasteiger partial charge in [-0.25, -0.2) is 0 Å². The predicted molar refractivity (Wildman–Crippen MR) is 84.3 cm³/mol. The Morgan fingerprint density at radius 3 is 2.64 bits per heavy atom. The fraction of sp³-hybridized carbons (Fsp3) is 0.235. The summed E-state index contributed by atoms with van der Waals surface area (Å²) < 4.78 is 11.3. The fourth-order valence-corrected chi connectivity index (χ4v) is 2.54. The third kappa shape index (κ3) is 3.02. The van der Waals surface area contributed by atoms with Gasteiger partial charge in [-0.2, -0.15) is 0 Å². The first kappa shape index (κ1) is 14.7. The van der Waals surface area contributed by atoms with Crippen molar-refractivity contribution in [3.8, 4) is 11.5 Å². The number of hydrogen-bond donors (Lipinski definition) is 0. The molecule has 1 atom stereocenters. The van der Waals surface area contributed by atoms with E-state index in [9.17, 15) is 4.79 Å². The van der Waals surface area contributed by atoms with E-state index in [1.54, 1.807) is 18.0 Å². The van der Waals surface area contributed by atoms with Crippen molar-refractivity contribution in [3.63, 3.8) is 0 Å². The molecule has 0 saturated carbocycles. The Hall–Kier alpha value is -2.20. The second-order valence-corrected chi connectivity index (χ2v) is 5.56. The molecule has 2 aromatic rings. The maximum Gasteiger partial charge on any atom is 0.267 e. The standard InChI is InChI=1S/C17H16ClNO3/c1-19(10-12-6-2-3-7-13(12)18)17(20)16-11-21-14-8-4-5-9-15(14)22-16/h2-9,16H,10-11H2,1H3/t16-/m0/s1. The van der Waals surface area contributed by atoms with E-state index in [0.29, 0.717) is 23.1 Å². The van der Waals surface area contributed by atoms with Crippen LogP contribution in [0.2, 0.25) is 5.02 Å². The van der Waals surface area contributed by atoms with Crippen LogP contribution in [0.3, 0.4) is 0 Å². The third-order valence-electron chi connectivity index (χ3n) is 3.53. The second-order valence-electron chi connectivity index (χ2n) is 5.15. The highest BCUT2D eigenvalue weighted by molar-refractivity contribution is 6.31. The van der Waals surface area contributed by atoms with Crippen molar-refractivity contribution in [1.29, 1.82) is 0 Å². The molecule has 0 aromatic heterocycles. The average molecular weight is 318 g/mol. The summed E-state index contributed by atoms with van der Waals surface area (Å²) in [7, 11) is 1.73. The molecule has 0 radical (unpaired) electrons. The van der Waals surface area contributed by atoms with Crippen molar-refractivity contribution in [2.75, 3.05) is 13.7 Å². The van der Waals surface area contributed by atoms with Gasteiger partial charge in [0, 0.05) is 18.6 Å². The molecule has 0 bridgehead atoms. The molecular weight excluding hydrogens is 302 g/mol. The zero-order valence-corrected chi connectivity index (χ0v) is 12.9. The summed E-state index contributed by atoms with van der Waals surface area (Å²) >= 11 is 6.13. The molecule has 2 aromatic carbocycles. The first-order valence-electron chi connectivity index (χ1n) is 7.02. The van der Waals surface area contributed by atoms with Crippen molar-refractivity contribution in [1.82, 2.24) is 4.90 Å². The van der Waals surface area contributed by atoms with E-state index in [1.165, 1.54) is 0 Å². The number of benzene rings is 2. The highest BCUT2D eigenvalue weighted by Crippen LogP contribution is 2.31. The summed E-state index contributed by atoms with van der Waals surface area (Å²) in [6.07, 6.45) is -0.637. The first-order valence-corrected chi connectivity index (χ1v) is 7.40. The van der Waals surface area contributed by atoms with E-state index in [4.69, 9.17) is 21.1 Å². The number of nitrogens with zero attached hydrogens (tertiary/aromatic N) is 1. The van der Waals surface area contributed by atoms with Crippen molar-refractivity contribution in [2.24, 2.45) is 0 Å². The molecule has 5 heteroatoms. The number of ether oxygens (including phenoxy) is 2. The average Bonchev–Trinajstić information content (AvgIpc) is 2.55. The number of para-hydroxylation sites is 2. The van der Waals surface area contributed by atoms with Crippen LogP contribution in [0.1, 0.15) is 5.56 Å². The van der Waals surface area contributed by atoms with Gasteiger partial charge in [-0.3, -0.25) is 4.79 Å². The quantitative estimate of drug-likeness (QED) is 0.873. The van der Waals surface area contributed by atoms with Gasteiger partial charge in [0.15, 0.2) is 11.5 Å². The fourth-order valence-electron chi connectivity index (χ4n) is 2.35. The molecule has 0 aliphatic carbocycles. The molecule has 0 saturated heterocycles. The Morgan fingerprint density at radius 1 is 1.18 bits per heavy atom. The molecule has 1 aliphatic heterocycles. The van der Waals surface area contributed by atoms with Gasteiger partial charge in [-0.15, -0.1) is 0 Å². The lowest BCUT2D eigenvalue weighted by Gasteiger charge is -2.29. The van der Waals surface area contributed by atoms with Gasteiger partial charge >= 0.3 is 0 Å². The highest BCUT2D eigenvalue weighted by atomic mass is 35.5. The Labute approximate surface area is 134 Å². The van der Waals surface area contributed by atoms with Crippen LogP contribution >= 0.6 is 11.6 Å². The Morgan fingerprint density at radius 2 is 1.86 bits per heavy atom. The SMILES string of the molecule is CN(Cc1ccccc1Cl)C(=O)[C@@H]1COc2ccccc2O1. The van der Waals surface area contributed by atoms with Crippen molar-refractivity contribution in [3.05, 3.63) is 59.1 Å². The summed E-state index contributed by atoms with van der Waals surface area (Å²) in [5.41, 5.74) is 0.900. The lowest BCUT2D eigenvalue weighted by molar-refractivity contribution is -0.140. The van der Waals surface area contributed by atoms with Crippen LogP contribution in [0.5, 0.6) is 11.5 Å². The van der Waals surface area contributed by atoms with Crippen LogP contribution in [-0.4, -0.2) is 30.6 Å². The minimum absolute atomic E-state index is 0.130. The van der Waals surface area contributed by atoms with Crippen LogP contribution in [0.4, 0.5) is 0 Å². The molecule has 1 amide bonds. The molecular formula is C17H16ClNO3. The summed E-state index contributed by atoms with van der Waals surface area (Å²) in [4.78, 5) is 14.1. The summed E-state index contributed by atoms with van der Waals surface area (Å²) in [5, 5.41) is 0.647. The van der Waals surface area contributed by atoms with E-state index in [2.05, 4.69) is 0 Å². The van der Waals surface area contributed by atoms with Crippen LogP contribution in [0, 0.1) is 0 Å². The number of likely N-dealkylation sites (N-methyl/N-ethyl adjacent to an activating group) is 1. The Bertz CT molecular complexity index is 689. The number of hydrogen-bond acceptors (Lipinski definition) is 3. The van der Waals surface area contributed by atoms with Crippen LogP contribution in [-0.2, 0) is 11.3 Å². The largest absolute Gasteiger partial charge is 0.485 e. The van der Waals surface area contributed by atoms with Crippen molar-refractivity contribution >= 4 is 17.5 Å². The zero-order valence-electron chi connectivity index (χ0n) is 12.2. The summed E-state index contributed by atoms with van der Waals surface area (Å²) in [6, 6.07) is 14.8. The summed E-state index contributed by atoms with van der Waals surface area (Å²) in [5.74, 6) is 1.13. The smallest absolute Gasteiger partial charge is 0.267 e. The second kappa shape index (κ2) is 6.28. The molecule has 1 aliphatic rings. The maximum atomic E-state index is 12.5. The van der Waals surface area contributed by atoms with Crippen molar-refractivity contribution < 1.29 is 14.3 Å². The van der Waals surface area contributed by atoms with E-state index in [-0.39, 0.29) is 12.5 Å². The molecule has 0 N–H and O–H groups in total. The molecule has 0 spiro atoms. The normalized spacial score (nSPS) is 16.2. The molecule has 22 heavy (non-hydrogen) atoms. The minimum Gasteiger partial charge on any atom is -0.485 e. The number of rotatable bonds is 3. The van der Waals surface area contributed by atoms with E-state index in [0.717, 1.165) is 5.56 Å².